The van der Waals surface area contributed by atoms with Gasteiger partial charge < -0.3 is 10.1 Å². The zero-order valence-corrected chi connectivity index (χ0v) is 14.6. The third kappa shape index (κ3) is 3.22. The van der Waals surface area contributed by atoms with Crippen molar-refractivity contribution in [1.82, 2.24) is 5.32 Å². The van der Waals surface area contributed by atoms with Crippen LogP contribution in [0.4, 0.5) is 0 Å². The van der Waals surface area contributed by atoms with Gasteiger partial charge in [0.05, 0.1) is 6.04 Å². The quantitative estimate of drug-likeness (QED) is 0.911. The molecule has 0 saturated heterocycles. The lowest BCUT2D eigenvalue weighted by Gasteiger charge is -2.37. The second-order valence-electron chi connectivity index (χ2n) is 7.10. The molecule has 1 amide bonds. The summed E-state index contributed by atoms with van der Waals surface area (Å²) >= 11 is 0. The number of nitrogens with one attached hydrogen (secondary N) is 1. The standard InChI is InChI=1S/C21H25NO2/c1-21(2)14-13-18(16-11-7-8-12-17(16)21)22-20(23)19(24-3)15-9-5-4-6-10-15/h4-12,18-19H,13-14H2,1-3H3,(H,22,23). The number of rotatable bonds is 4. The van der Waals surface area contributed by atoms with E-state index in [9.17, 15) is 4.79 Å². The molecule has 2 unspecified atom stereocenters. The van der Waals surface area contributed by atoms with E-state index in [1.165, 1.54) is 11.1 Å². The maximum Gasteiger partial charge on any atom is 0.254 e. The van der Waals surface area contributed by atoms with Gasteiger partial charge in [0.2, 0.25) is 0 Å². The highest BCUT2D eigenvalue weighted by Gasteiger charge is 2.34. The van der Waals surface area contributed by atoms with Crippen molar-refractivity contribution in [2.24, 2.45) is 0 Å². The van der Waals surface area contributed by atoms with E-state index in [1.54, 1.807) is 7.11 Å². The molecule has 0 radical (unpaired) electrons. The summed E-state index contributed by atoms with van der Waals surface area (Å²) in [5, 5.41) is 3.20. The van der Waals surface area contributed by atoms with Crippen molar-refractivity contribution in [2.45, 2.75) is 44.2 Å². The van der Waals surface area contributed by atoms with E-state index in [2.05, 4.69) is 37.4 Å². The van der Waals surface area contributed by atoms with Gasteiger partial charge in [0.15, 0.2) is 6.10 Å². The Morgan fingerprint density at radius 2 is 1.79 bits per heavy atom. The minimum Gasteiger partial charge on any atom is -0.367 e. The SMILES string of the molecule is COC(C(=O)NC1CCC(C)(C)c2ccccc21)c1ccccc1. The Morgan fingerprint density at radius 1 is 1.12 bits per heavy atom. The van der Waals surface area contributed by atoms with Crippen LogP contribution >= 0.6 is 0 Å². The van der Waals surface area contributed by atoms with Gasteiger partial charge in [-0.25, -0.2) is 0 Å². The highest BCUT2D eigenvalue weighted by molar-refractivity contribution is 5.82. The van der Waals surface area contributed by atoms with E-state index in [1.807, 2.05) is 36.4 Å². The van der Waals surface area contributed by atoms with Crippen molar-refractivity contribution < 1.29 is 9.53 Å². The fourth-order valence-corrected chi connectivity index (χ4v) is 3.63. The number of benzene rings is 2. The first-order valence-corrected chi connectivity index (χ1v) is 8.50. The summed E-state index contributed by atoms with van der Waals surface area (Å²) < 4.78 is 5.46. The van der Waals surface area contributed by atoms with Crippen LogP contribution in [0.2, 0.25) is 0 Å². The Bertz CT molecular complexity index is 709. The number of carbonyl (C=O) groups excluding carboxylic acids is 1. The Morgan fingerprint density at radius 3 is 2.50 bits per heavy atom. The van der Waals surface area contributed by atoms with Crippen molar-refractivity contribution in [3.05, 3.63) is 71.3 Å². The first-order chi connectivity index (χ1) is 11.5. The topological polar surface area (TPSA) is 38.3 Å². The van der Waals surface area contributed by atoms with Crippen LogP contribution in [-0.2, 0) is 14.9 Å². The molecule has 1 aliphatic carbocycles. The van der Waals surface area contributed by atoms with E-state index < -0.39 is 6.10 Å². The highest BCUT2D eigenvalue weighted by atomic mass is 16.5. The average Bonchev–Trinajstić information content (AvgIpc) is 2.59. The number of amides is 1. The van der Waals surface area contributed by atoms with Crippen molar-refractivity contribution in [1.29, 1.82) is 0 Å². The summed E-state index contributed by atoms with van der Waals surface area (Å²) in [7, 11) is 1.58. The Hall–Kier alpha value is -2.13. The monoisotopic (exact) mass is 323 g/mol. The van der Waals surface area contributed by atoms with Crippen LogP contribution in [-0.4, -0.2) is 13.0 Å². The van der Waals surface area contributed by atoms with Crippen LogP contribution in [0.15, 0.2) is 54.6 Å². The molecule has 0 aromatic heterocycles. The number of carbonyl (C=O) groups is 1. The lowest BCUT2D eigenvalue weighted by molar-refractivity contribution is -0.132. The average molecular weight is 323 g/mol. The molecule has 126 valence electrons. The molecule has 0 saturated carbocycles. The summed E-state index contributed by atoms with van der Waals surface area (Å²) in [6.45, 7) is 4.54. The van der Waals surface area contributed by atoms with E-state index in [0.29, 0.717) is 0 Å². The van der Waals surface area contributed by atoms with Crippen LogP contribution in [0.25, 0.3) is 0 Å². The fraction of sp³-hybridized carbons (Fsp3) is 0.381. The van der Waals surface area contributed by atoms with Gasteiger partial charge in [-0.1, -0.05) is 68.4 Å². The molecule has 1 aliphatic rings. The highest BCUT2D eigenvalue weighted by Crippen LogP contribution is 2.41. The largest absolute Gasteiger partial charge is 0.367 e. The van der Waals surface area contributed by atoms with E-state index in [0.717, 1.165) is 18.4 Å². The first-order valence-electron chi connectivity index (χ1n) is 8.50. The minimum atomic E-state index is -0.576. The van der Waals surface area contributed by atoms with Crippen LogP contribution in [0, 0.1) is 0 Å². The summed E-state index contributed by atoms with van der Waals surface area (Å²) in [5.41, 5.74) is 3.58. The smallest absolute Gasteiger partial charge is 0.254 e. The predicted molar refractivity (Wildman–Crippen MR) is 95.8 cm³/mol. The number of fused-ring (bicyclic) bond motifs is 1. The van der Waals surface area contributed by atoms with E-state index >= 15 is 0 Å². The third-order valence-corrected chi connectivity index (χ3v) is 5.02. The van der Waals surface area contributed by atoms with Crippen molar-refractivity contribution >= 4 is 5.91 Å². The molecule has 1 N–H and O–H groups in total. The van der Waals surface area contributed by atoms with Crippen molar-refractivity contribution in [2.75, 3.05) is 7.11 Å². The summed E-state index contributed by atoms with van der Waals surface area (Å²) in [5.74, 6) is -0.0804. The predicted octanol–water partition coefficient (Wildman–Crippen LogP) is 4.30. The Kier molecular flexibility index (Phi) is 4.72. The minimum absolute atomic E-state index is 0.0445. The van der Waals surface area contributed by atoms with Gasteiger partial charge in [0.1, 0.15) is 0 Å². The van der Waals surface area contributed by atoms with Gasteiger partial charge in [-0.05, 0) is 34.9 Å². The number of hydrogen-bond acceptors (Lipinski definition) is 2. The normalized spacial score (nSPS) is 20.0. The number of hydrogen-bond donors (Lipinski definition) is 1. The molecule has 0 fully saturated rings. The second kappa shape index (κ2) is 6.78. The van der Waals surface area contributed by atoms with Crippen molar-refractivity contribution in [3.63, 3.8) is 0 Å². The maximum absolute atomic E-state index is 12.8. The molecule has 24 heavy (non-hydrogen) atoms. The van der Waals surface area contributed by atoms with E-state index in [4.69, 9.17) is 4.74 Å². The zero-order valence-electron chi connectivity index (χ0n) is 14.6. The van der Waals surface area contributed by atoms with Gasteiger partial charge in [-0.2, -0.15) is 0 Å². The van der Waals surface area contributed by atoms with Crippen molar-refractivity contribution in [3.8, 4) is 0 Å². The molecular weight excluding hydrogens is 298 g/mol. The van der Waals surface area contributed by atoms with E-state index in [-0.39, 0.29) is 17.4 Å². The molecule has 0 aliphatic heterocycles. The summed E-state index contributed by atoms with van der Waals surface area (Å²) in [4.78, 5) is 12.8. The molecule has 2 aromatic carbocycles. The number of ether oxygens (including phenoxy) is 1. The van der Waals surface area contributed by atoms with Crippen LogP contribution in [0.3, 0.4) is 0 Å². The second-order valence-corrected chi connectivity index (χ2v) is 7.10. The fourth-order valence-electron chi connectivity index (χ4n) is 3.63. The molecule has 0 bridgehead atoms. The molecule has 2 atom stereocenters. The molecule has 3 heteroatoms. The molecule has 0 heterocycles. The molecule has 3 rings (SSSR count). The van der Waals surface area contributed by atoms with Gasteiger partial charge in [0.25, 0.3) is 5.91 Å². The lowest BCUT2D eigenvalue weighted by Crippen LogP contribution is -2.38. The van der Waals surface area contributed by atoms with Gasteiger partial charge in [-0.3, -0.25) is 4.79 Å². The lowest BCUT2D eigenvalue weighted by atomic mass is 9.71. The molecule has 0 spiro atoms. The van der Waals surface area contributed by atoms with Gasteiger partial charge in [-0.15, -0.1) is 0 Å². The zero-order chi connectivity index (χ0) is 17.2. The van der Waals surface area contributed by atoms with Gasteiger partial charge in [0, 0.05) is 7.11 Å². The third-order valence-electron chi connectivity index (χ3n) is 5.02. The van der Waals surface area contributed by atoms with Crippen LogP contribution in [0.1, 0.15) is 55.5 Å². The number of methoxy groups -OCH3 is 1. The van der Waals surface area contributed by atoms with Crippen LogP contribution < -0.4 is 5.32 Å². The first kappa shape index (κ1) is 16.7. The van der Waals surface area contributed by atoms with Gasteiger partial charge >= 0.3 is 0 Å². The summed E-state index contributed by atoms with van der Waals surface area (Å²) in [6.07, 6.45) is 1.42. The molecule has 2 aromatic rings. The molecule has 3 nitrogen and oxygen atoms in total. The Balaban J connectivity index is 1.82. The maximum atomic E-state index is 12.8. The Labute approximate surface area is 144 Å². The van der Waals surface area contributed by atoms with Crippen LogP contribution in [0.5, 0.6) is 0 Å². The summed E-state index contributed by atoms with van der Waals surface area (Å²) in [6, 6.07) is 18.1. The molecular formula is C21H25NO2.